The first kappa shape index (κ1) is 22.0. The Morgan fingerprint density at radius 1 is 1.21 bits per heavy atom. The molecule has 0 radical (unpaired) electrons. The highest BCUT2D eigenvalue weighted by molar-refractivity contribution is 14.1. The zero-order valence-electron chi connectivity index (χ0n) is 16.9. The molecule has 8 heteroatoms. The van der Waals surface area contributed by atoms with Gasteiger partial charge in [-0.05, 0) is 55.8 Å². The molecule has 0 aliphatic rings. The molecule has 156 valence electrons. The van der Waals surface area contributed by atoms with Gasteiger partial charge < -0.3 is 9.47 Å². The van der Waals surface area contributed by atoms with Gasteiger partial charge in [0, 0.05) is 12.3 Å². The van der Waals surface area contributed by atoms with Crippen LogP contribution in [0.15, 0.2) is 53.7 Å². The van der Waals surface area contributed by atoms with E-state index in [9.17, 15) is 8.42 Å². The number of rotatable bonds is 7. The van der Waals surface area contributed by atoms with Gasteiger partial charge in [0.05, 0.1) is 23.7 Å². The van der Waals surface area contributed by atoms with Crippen LogP contribution in [-0.4, -0.2) is 35.3 Å². The van der Waals surface area contributed by atoms with Gasteiger partial charge in [0.15, 0.2) is 9.84 Å². The zero-order valence-corrected chi connectivity index (χ0v) is 19.9. The first-order chi connectivity index (χ1) is 13.6. The molecule has 0 saturated carbocycles. The standard InChI is InChI=1S/C21H25IN2O4S/c1-15(27-14-16-8-6-5-7-9-16)13-28-17-10-20-23-11-19(22)24(20)12-18(17)29(25,26)21(2,3)4/h5-12,15H,13-14H2,1-4H3/t15-/m0/s1. The number of nitrogens with zero attached hydrogens (tertiary/aromatic N) is 2. The predicted molar refractivity (Wildman–Crippen MR) is 121 cm³/mol. The van der Waals surface area contributed by atoms with Crippen molar-refractivity contribution in [2.75, 3.05) is 6.61 Å². The lowest BCUT2D eigenvalue weighted by molar-refractivity contribution is 0.0207. The molecular formula is C21H25IN2O4S. The molecule has 0 aliphatic heterocycles. The fourth-order valence-corrected chi connectivity index (χ4v) is 4.48. The van der Waals surface area contributed by atoms with Gasteiger partial charge in [-0.2, -0.15) is 0 Å². The molecule has 0 amide bonds. The van der Waals surface area contributed by atoms with E-state index in [0.717, 1.165) is 9.26 Å². The molecule has 3 aromatic rings. The van der Waals surface area contributed by atoms with Crippen molar-refractivity contribution in [1.29, 1.82) is 0 Å². The summed E-state index contributed by atoms with van der Waals surface area (Å²) in [5.74, 6) is 0.296. The van der Waals surface area contributed by atoms with Crippen molar-refractivity contribution >= 4 is 38.1 Å². The second kappa shape index (κ2) is 8.61. The molecule has 1 atom stereocenters. The molecule has 0 fully saturated rings. The number of ether oxygens (including phenoxy) is 2. The van der Waals surface area contributed by atoms with Crippen LogP contribution in [0.2, 0.25) is 0 Å². The fourth-order valence-electron chi connectivity index (χ4n) is 2.67. The number of aromatic nitrogens is 2. The normalized spacial score (nSPS) is 13.6. The Balaban J connectivity index is 1.83. The van der Waals surface area contributed by atoms with Gasteiger partial charge in [0.1, 0.15) is 26.6 Å². The molecule has 0 spiro atoms. The third kappa shape index (κ3) is 4.92. The molecule has 0 unspecified atom stereocenters. The van der Waals surface area contributed by atoms with Crippen LogP contribution in [0.25, 0.3) is 5.65 Å². The highest BCUT2D eigenvalue weighted by Gasteiger charge is 2.34. The smallest absolute Gasteiger partial charge is 0.188 e. The number of hydrogen-bond donors (Lipinski definition) is 0. The summed E-state index contributed by atoms with van der Waals surface area (Å²) in [5, 5.41) is 0. The Kier molecular flexibility index (Phi) is 6.54. The lowest BCUT2D eigenvalue weighted by atomic mass is 10.2. The maximum atomic E-state index is 13.2. The zero-order chi connectivity index (χ0) is 21.2. The Morgan fingerprint density at radius 3 is 2.55 bits per heavy atom. The number of halogens is 1. The fraction of sp³-hybridized carbons (Fsp3) is 0.381. The molecular weight excluding hydrogens is 503 g/mol. The van der Waals surface area contributed by atoms with E-state index in [1.54, 1.807) is 43.6 Å². The lowest BCUT2D eigenvalue weighted by Gasteiger charge is -2.22. The van der Waals surface area contributed by atoms with Crippen molar-refractivity contribution in [3.05, 3.63) is 58.1 Å². The minimum atomic E-state index is -3.61. The molecule has 29 heavy (non-hydrogen) atoms. The van der Waals surface area contributed by atoms with Gasteiger partial charge in [0.25, 0.3) is 0 Å². The second-order valence-corrected chi connectivity index (χ2v) is 11.6. The van der Waals surface area contributed by atoms with E-state index in [1.165, 1.54) is 0 Å². The van der Waals surface area contributed by atoms with E-state index in [2.05, 4.69) is 27.6 Å². The molecule has 0 aliphatic carbocycles. The third-order valence-electron chi connectivity index (χ3n) is 4.48. The predicted octanol–water partition coefficient (Wildman–Crippen LogP) is 4.50. The number of fused-ring (bicyclic) bond motifs is 1. The first-order valence-corrected chi connectivity index (χ1v) is 11.9. The number of hydrogen-bond acceptors (Lipinski definition) is 5. The summed E-state index contributed by atoms with van der Waals surface area (Å²) in [5.41, 5.74) is 1.71. The van der Waals surface area contributed by atoms with Gasteiger partial charge in [-0.1, -0.05) is 30.3 Å². The summed E-state index contributed by atoms with van der Waals surface area (Å²) in [7, 11) is -3.61. The van der Waals surface area contributed by atoms with Crippen molar-refractivity contribution < 1.29 is 17.9 Å². The summed E-state index contributed by atoms with van der Waals surface area (Å²) in [6, 6.07) is 11.5. The second-order valence-electron chi connectivity index (χ2n) is 7.85. The molecule has 2 aromatic heterocycles. The summed E-state index contributed by atoms with van der Waals surface area (Å²) >= 11 is 2.12. The van der Waals surface area contributed by atoms with Gasteiger partial charge in [-0.25, -0.2) is 13.4 Å². The van der Waals surface area contributed by atoms with Gasteiger partial charge in [-0.3, -0.25) is 4.40 Å². The van der Waals surface area contributed by atoms with Crippen LogP contribution in [-0.2, 0) is 21.2 Å². The quantitative estimate of drug-likeness (QED) is 0.423. The maximum absolute atomic E-state index is 13.2. The molecule has 0 bridgehead atoms. The van der Waals surface area contributed by atoms with Crippen LogP contribution in [0.1, 0.15) is 33.3 Å². The highest BCUT2D eigenvalue weighted by atomic mass is 127. The van der Waals surface area contributed by atoms with Crippen LogP contribution in [0.3, 0.4) is 0 Å². The van der Waals surface area contributed by atoms with Crippen LogP contribution >= 0.6 is 22.6 Å². The van der Waals surface area contributed by atoms with E-state index in [1.807, 2.05) is 37.3 Å². The third-order valence-corrected chi connectivity index (χ3v) is 7.77. The SMILES string of the molecule is C[C@@H](COc1cc2ncc(I)n2cc1S(=O)(=O)C(C)(C)C)OCc1ccccc1. The summed E-state index contributed by atoms with van der Waals surface area (Å²) < 4.78 is 39.7. The first-order valence-electron chi connectivity index (χ1n) is 9.29. The molecule has 1 aromatic carbocycles. The Morgan fingerprint density at radius 2 is 1.90 bits per heavy atom. The maximum Gasteiger partial charge on any atom is 0.188 e. The minimum absolute atomic E-state index is 0.156. The molecule has 6 nitrogen and oxygen atoms in total. The van der Waals surface area contributed by atoms with E-state index >= 15 is 0 Å². The minimum Gasteiger partial charge on any atom is -0.489 e. The van der Waals surface area contributed by atoms with Crippen LogP contribution < -0.4 is 4.74 Å². The Hall–Kier alpha value is -1.65. The van der Waals surface area contributed by atoms with E-state index < -0.39 is 14.6 Å². The van der Waals surface area contributed by atoms with Crippen molar-refractivity contribution in [3.8, 4) is 5.75 Å². The average Bonchev–Trinajstić information content (AvgIpc) is 3.04. The number of benzene rings is 1. The van der Waals surface area contributed by atoms with Crippen molar-refractivity contribution in [1.82, 2.24) is 9.38 Å². The van der Waals surface area contributed by atoms with Crippen LogP contribution in [0.4, 0.5) is 0 Å². The van der Waals surface area contributed by atoms with Crippen molar-refractivity contribution in [2.45, 2.75) is 50.0 Å². The monoisotopic (exact) mass is 528 g/mol. The average molecular weight is 528 g/mol. The van der Waals surface area contributed by atoms with Gasteiger partial charge in [0.2, 0.25) is 0 Å². The van der Waals surface area contributed by atoms with Gasteiger partial charge in [-0.15, -0.1) is 0 Å². The summed E-state index contributed by atoms with van der Waals surface area (Å²) in [6.07, 6.45) is 3.07. The molecule has 0 saturated heterocycles. The summed E-state index contributed by atoms with van der Waals surface area (Å²) in [6.45, 7) is 7.64. The number of sulfone groups is 1. The van der Waals surface area contributed by atoms with E-state index in [-0.39, 0.29) is 17.6 Å². The van der Waals surface area contributed by atoms with Gasteiger partial charge >= 0.3 is 0 Å². The van der Waals surface area contributed by atoms with E-state index in [0.29, 0.717) is 18.0 Å². The topological polar surface area (TPSA) is 69.9 Å². The number of imidazole rings is 1. The van der Waals surface area contributed by atoms with E-state index in [4.69, 9.17) is 9.47 Å². The number of pyridine rings is 1. The Labute approximate surface area is 185 Å². The summed E-state index contributed by atoms with van der Waals surface area (Å²) in [4.78, 5) is 4.47. The van der Waals surface area contributed by atoms with Crippen molar-refractivity contribution in [2.24, 2.45) is 0 Å². The molecule has 0 N–H and O–H groups in total. The lowest BCUT2D eigenvalue weighted by Crippen LogP contribution is -2.29. The Bertz CT molecular complexity index is 1090. The van der Waals surface area contributed by atoms with Crippen LogP contribution in [0, 0.1) is 3.70 Å². The molecule has 2 heterocycles. The van der Waals surface area contributed by atoms with Crippen molar-refractivity contribution in [3.63, 3.8) is 0 Å². The highest BCUT2D eigenvalue weighted by Crippen LogP contribution is 2.33. The molecule has 3 rings (SSSR count). The van der Waals surface area contributed by atoms with Crippen LogP contribution in [0.5, 0.6) is 5.75 Å². The largest absolute Gasteiger partial charge is 0.489 e.